The Morgan fingerprint density at radius 1 is 1.00 bits per heavy atom. The molecule has 0 unspecified atom stereocenters. The minimum atomic E-state index is -0.126. The molecule has 0 aliphatic rings. The lowest BCUT2D eigenvalue weighted by molar-refractivity contribution is -0.118. The fraction of sp³-hybridized carbons (Fsp3) is 0.136. The van der Waals surface area contributed by atoms with E-state index in [0.717, 1.165) is 11.1 Å². The number of Topliss-reactive ketones (excluding diaryl/α,β-unsaturated/α-hetero) is 1. The third-order valence-electron chi connectivity index (χ3n) is 4.22. The first-order valence-corrected chi connectivity index (χ1v) is 8.42. The molecule has 0 bridgehead atoms. The van der Waals surface area contributed by atoms with Gasteiger partial charge in [-0.2, -0.15) is 0 Å². The van der Waals surface area contributed by atoms with Gasteiger partial charge in [-0.05, 0) is 53.4 Å². The van der Waals surface area contributed by atoms with Crippen LogP contribution in [0.3, 0.4) is 0 Å². The summed E-state index contributed by atoms with van der Waals surface area (Å²) in [5.74, 6) is 0.0412. The van der Waals surface area contributed by atoms with Gasteiger partial charge in [0.1, 0.15) is 5.78 Å². The molecule has 0 saturated heterocycles. The molecule has 2 heteroatoms. The standard InChI is InChI=1S/C22H19ClO/c1-16(24)22(19-11-13-21(23)14-12-19)8-4-5-17-9-10-18-6-2-3-7-20(18)15-17/h2-7,9-15,22H,8H2,1H3/b5-4+/t22-/m0/s1. The highest BCUT2D eigenvalue weighted by Crippen LogP contribution is 2.24. The van der Waals surface area contributed by atoms with E-state index in [1.54, 1.807) is 6.92 Å². The van der Waals surface area contributed by atoms with E-state index in [-0.39, 0.29) is 11.7 Å². The molecule has 3 aromatic carbocycles. The third kappa shape index (κ3) is 3.93. The van der Waals surface area contributed by atoms with Gasteiger partial charge in [-0.1, -0.05) is 72.3 Å². The van der Waals surface area contributed by atoms with Crippen LogP contribution in [0.5, 0.6) is 0 Å². The average Bonchev–Trinajstić information content (AvgIpc) is 2.59. The van der Waals surface area contributed by atoms with Crippen LogP contribution in [-0.4, -0.2) is 5.78 Å². The summed E-state index contributed by atoms with van der Waals surface area (Å²) < 4.78 is 0. The van der Waals surface area contributed by atoms with Crippen LogP contribution in [0.1, 0.15) is 30.4 Å². The van der Waals surface area contributed by atoms with Crippen LogP contribution >= 0.6 is 11.6 Å². The van der Waals surface area contributed by atoms with Crippen LogP contribution in [0.25, 0.3) is 16.8 Å². The molecule has 120 valence electrons. The zero-order chi connectivity index (χ0) is 16.9. The van der Waals surface area contributed by atoms with Crippen LogP contribution in [0.4, 0.5) is 0 Å². The minimum absolute atomic E-state index is 0.126. The molecule has 0 aliphatic heterocycles. The number of carbonyl (C=O) groups excluding carboxylic acids is 1. The van der Waals surface area contributed by atoms with Gasteiger partial charge in [-0.3, -0.25) is 4.79 Å². The van der Waals surface area contributed by atoms with E-state index in [1.807, 2.05) is 36.4 Å². The van der Waals surface area contributed by atoms with Gasteiger partial charge in [-0.15, -0.1) is 0 Å². The quantitative estimate of drug-likeness (QED) is 0.537. The van der Waals surface area contributed by atoms with Gasteiger partial charge in [0.15, 0.2) is 0 Å². The van der Waals surface area contributed by atoms with Crippen molar-refractivity contribution in [1.29, 1.82) is 0 Å². The number of hydrogen-bond acceptors (Lipinski definition) is 1. The second-order valence-corrected chi connectivity index (χ2v) is 6.40. The summed E-state index contributed by atoms with van der Waals surface area (Å²) >= 11 is 5.93. The summed E-state index contributed by atoms with van der Waals surface area (Å²) in [6.45, 7) is 1.64. The summed E-state index contributed by atoms with van der Waals surface area (Å²) in [7, 11) is 0. The Labute approximate surface area is 147 Å². The molecule has 0 heterocycles. The normalized spacial score (nSPS) is 12.6. The predicted octanol–water partition coefficient (Wildman–Crippen LogP) is 6.27. The van der Waals surface area contributed by atoms with E-state index in [9.17, 15) is 4.79 Å². The molecule has 0 saturated carbocycles. The summed E-state index contributed by atoms with van der Waals surface area (Å²) in [6.07, 6.45) is 4.84. The highest BCUT2D eigenvalue weighted by atomic mass is 35.5. The fourth-order valence-electron chi connectivity index (χ4n) is 2.88. The second kappa shape index (κ2) is 7.46. The molecule has 0 fully saturated rings. The molecule has 1 nitrogen and oxygen atoms in total. The Bertz CT molecular complexity index is 878. The summed E-state index contributed by atoms with van der Waals surface area (Å²) in [4.78, 5) is 12.0. The van der Waals surface area contributed by atoms with E-state index in [1.165, 1.54) is 10.8 Å². The van der Waals surface area contributed by atoms with Crippen LogP contribution in [0.2, 0.25) is 5.02 Å². The molecule has 0 amide bonds. The lowest BCUT2D eigenvalue weighted by Crippen LogP contribution is -2.07. The summed E-state index contributed by atoms with van der Waals surface area (Å²) in [6, 6.07) is 22.2. The van der Waals surface area contributed by atoms with Crippen LogP contribution in [-0.2, 0) is 4.79 Å². The molecule has 0 aliphatic carbocycles. The Kier molecular flexibility index (Phi) is 5.12. The molecule has 0 radical (unpaired) electrons. The van der Waals surface area contributed by atoms with Gasteiger partial charge >= 0.3 is 0 Å². The van der Waals surface area contributed by atoms with Gasteiger partial charge in [0.25, 0.3) is 0 Å². The van der Waals surface area contributed by atoms with Crippen molar-refractivity contribution >= 4 is 34.2 Å². The van der Waals surface area contributed by atoms with Crippen molar-refractivity contribution in [3.63, 3.8) is 0 Å². The molecule has 0 N–H and O–H groups in total. The third-order valence-corrected chi connectivity index (χ3v) is 4.47. The van der Waals surface area contributed by atoms with Crippen molar-refractivity contribution in [3.8, 4) is 0 Å². The number of ketones is 1. The zero-order valence-corrected chi connectivity index (χ0v) is 14.3. The molecule has 0 aromatic heterocycles. The molecular formula is C22H19ClO. The smallest absolute Gasteiger partial charge is 0.137 e. The maximum atomic E-state index is 12.0. The van der Waals surface area contributed by atoms with E-state index < -0.39 is 0 Å². The van der Waals surface area contributed by atoms with Gasteiger partial charge in [0.05, 0.1) is 0 Å². The highest BCUT2D eigenvalue weighted by molar-refractivity contribution is 6.30. The average molecular weight is 335 g/mol. The van der Waals surface area contributed by atoms with Crippen molar-refractivity contribution in [2.24, 2.45) is 0 Å². The first-order valence-electron chi connectivity index (χ1n) is 8.05. The Morgan fingerprint density at radius 3 is 2.42 bits per heavy atom. The summed E-state index contributed by atoms with van der Waals surface area (Å²) in [5, 5.41) is 3.14. The Morgan fingerprint density at radius 2 is 1.71 bits per heavy atom. The molecule has 1 atom stereocenters. The van der Waals surface area contributed by atoms with E-state index in [0.29, 0.717) is 11.4 Å². The largest absolute Gasteiger partial charge is 0.299 e. The maximum absolute atomic E-state index is 12.0. The van der Waals surface area contributed by atoms with Gasteiger partial charge in [0.2, 0.25) is 0 Å². The summed E-state index contributed by atoms with van der Waals surface area (Å²) in [5.41, 5.74) is 2.15. The van der Waals surface area contributed by atoms with Crippen molar-refractivity contribution in [2.75, 3.05) is 0 Å². The number of hydrogen-bond donors (Lipinski definition) is 0. The molecule has 3 rings (SSSR count). The number of fused-ring (bicyclic) bond motifs is 1. The first-order chi connectivity index (χ1) is 11.6. The van der Waals surface area contributed by atoms with Gasteiger partial charge in [-0.25, -0.2) is 0 Å². The number of benzene rings is 3. The number of carbonyl (C=O) groups is 1. The van der Waals surface area contributed by atoms with Crippen LogP contribution in [0.15, 0.2) is 72.8 Å². The highest BCUT2D eigenvalue weighted by Gasteiger charge is 2.14. The topological polar surface area (TPSA) is 17.1 Å². The lowest BCUT2D eigenvalue weighted by atomic mass is 9.92. The predicted molar refractivity (Wildman–Crippen MR) is 102 cm³/mol. The SMILES string of the molecule is CC(=O)[C@H](C/C=C/c1ccc2ccccc2c1)c1ccc(Cl)cc1. The van der Waals surface area contributed by atoms with Gasteiger partial charge in [0, 0.05) is 10.9 Å². The van der Waals surface area contributed by atoms with Crippen LogP contribution < -0.4 is 0 Å². The lowest BCUT2D eigenvalue weighted by Gasteiger charge is -2.12. The maximum Gasteiger partial charge on any atom is 0.137 e. The first kappa shape index (κ1) is 16.5. The second-order valence-electron chi connectivity index (χ2n) is 5.96. The zero-order valence-electron chi connectivity index (χ0n) is 13.6. The Balaban J connectivity index is 1.76. The van der Waals surface area contributed by atoms with E-state index in [4.69, 9.17) is 11.6 Å². The van der Waals surface area contributed by atoms with Crippen molar-refractivity contribution < 1.29 is 4.79 Å². The van der Waals surface area contributed by atoms with Gasteiger partial charge < -0.3 is 0 Å². The monoisotopic (exact) mass is 334 g/mol. The van der Waals surface area contributed by atoms with E-state index in [2.05, 4.69) is 42.5 Å². The number of rotatable bonds is 5. The fourth-order valence-corrected chi connectivity index (χ4v) is 3.01. The minimum Gasteiger partial charge on any atom is -0.299 e. The Hall–Kier alpha value is -2.38. The van der Waals surface area contributed by atoms with E-state index >= 15 is 0 Å². The molecule has 3 aromatic rings. The van der Waals surface area contributed by atoms with Crippen molar-refractivity contribution in [2.45, 2.75) is 19.3 Å². The molecule has 24 heavy (non-hydrogen) atoms. The number of allylic oxidation sites excluding steroid dienone is 1. The number of halogens is 1. The van der Waals surface area contributed by atoms with Crippen LogP contribution in [0, 0.1) is 0 Å². The molecule has 0 spiro atoms. The molecular weight excluding hydrogens is 316 g/mol. The van der Waals surface area contributed by atoms with Crippen molar-refractivity contribution in [1.82, 2.24) is 0 Å². The van der Waals surface area contributed by atoms with Crippen molar-refractivity contribution in [3.05, 3.63) is 89.0 Å².